The number of aromatic nitrogens is 2. The second-order valence-electron chi connectivity index (χ2n) is 3.98. The Balaban J connectivity index is 2.43. The van der Waals surface area contributed by atoms with E-state index in [0.29, 0.717) is 0 Å². The molecule has 16 heavy (non-hydrogen) atoms. The molecule has 0 fully saturated rings. The highest BCUT2D eigenvalue weighted by Gasteiger charge is 2.15. The first-order valence-corrected chi connectivity index (χ1v) is 4.59. The van der Waals surface area contributed by atoms with E-state index < -0.39 is 17.6 Å². The lowest BCUT2D eigenvalue weighted by Crippen LogP contribution is -2.36. The molecule has 1 aromatic rings. The Kier molecular flexibility index (Phi) is 3.60. The van der Waals surface area contributed by atoms with Crippen molar-refractivity contribution in [2.75, 3.05) is 5.43 Å². The zero-order chi connectivity index (χ0) is 12.2. The van der Waals surface area contributed by atoms with E-state index in [9.17, 15) is 9.18 Å². The first-order valence-electron chi connectivity index (χ1n) is 4.59. The molecule has 1 rings (SSSR count). The van der Waals surface area contributed by atoms with E-state index in [0.717, 1.165) is 12.4 Å². The number of amides is 1. The van der Waals surface area contributed by atoms with Gasteiger partial charge in [0.15, 0.2) is 5.82 Å². The van der Waals surface area contributed by atoms with Crippen LogP contribution in [0, 0.1) is 5.95 Å². The number of nitrogens with one attached hydrogen (secondary N) is 2. The number of carbonyl (C=O) groups is 1. The zero-order valence-electron chi connectivity index (χ0n) is 9.24. The molecule has 1 amide bonds. The number of anilines is 1. The molecule has 6 nitrogen and oxygen atoms in total. The molecule has 0 aromatic carbocycles. The van der Waals surface area contributed by atoms with Crippen LogP contribution >= 0.6 is 0 Å². The van der Waals surface area contributed by atoms with E-state index in [1.54, 1.807) is 20.8 Å². The van der Waals surface area contributed by atoms with Crippen LogP contribution < -0.4 is 10.9 Å². The summed E-state index contributed by atoms with van der Waals surface area (Å²) < 4.78 is 17.6. The average molecular weight is 228 g/mol. The summed E-state index contributed by atoms with van der Waals surface area (Å²) in [6, 6.07) is 1.04. The monoisotopic (exact) mass is 228 g/mol. The first kappa shape index (κ1) is 12.2. The van der Waals surface area contributed by atoms with Gasteiger partial charge in [-0.05, 0) is 20.8 Å². The van der Waals surface area contributed by atoms with Crippen molar-refractivity contribution >= 4 is 11.9 Å². The number of rotatable bonds is 2. The van der Waals surface area contributed by atoms with Crippen LogP contribution in [0.2, 0.25) is 0 Å². The van der Waals surface area contributed by atoms with Gasteiger partial charge in [0, 0.05) is 6.07 Å². The number of nitrogens with zero attached hydrogens (tertiary/aromatic N) is 2. The van der Waals surface area contributed by atoms with E-state index in [1.807, 2.05) is 0 Å². The van der Waals surface area contributed by atoms with Gasteiger partial charge in [-0.15, -0.1) is 0 Å². The average Bonchev–Trinajstić information content (AvgIpc) is 2.12. The van der Waals surface area contributed by atoms with E-state index >= 15 is 0 Å². The predicted molar refractivity (Wildman–Crippen MR) is 55.0 cm³/mol. The van der Waals surface area contributed by atoms with Crippen LogP contribution in [0.15, 0.2) is 12.4 Å². The van der Waals surface area contributed by atoms with Crippen molar-refractivity contribution in [3.8, 4) is 0 Å². The van der Waals surface area contributed by atoms with Crippen molar-refractivity contribution in [2.24, 2.45) is 0 Å². The van der Waals surface area contributed by atoms with Gasteiger partial charge in [0.1, 0.15) is 11.9 Å². The highest BCUT2D eigenvalue weighted by Crippen LogP contribution is 2.06. The largest absolute Gasteiger partial charge is 0.443 e. The van der Waals surface area contributed by atoms with Gasteiger partial charge in [0.25, 0.3) is 0 Å². The lowest BCUT2D eigenvalue weighted by molar-refractivity contribution is 0.0541. The second-order valence-corrected chi connectivity index (χ2v) is 3.98. The maximum atomic E-state index is 12.6. The topological polar surface area (TPSA) is 76.1 Å². The number of carbonyl (C=O) groups excluding carboxylic acids is 1. The van der Waals surface area contributed by atoms with Crippen LogP contribution in [0.25, 0.3) is 0 Å². The van der Waals surface area contributed by atoms with Gasteiger partial charge >= 0.3 is 6.09 Å². The Morgan fingerprint density at radius 1 is 1.44 bits per heavy atom. The van der Waals surface area contributed by atoms with E-state index in [4.69, 9.17) is 4.74 Å². The number of ether oxygens (including phenoxy) is 1. The molecule has 7 heteroatoms. The summed E-state index contributed by atoms with van der Waals surface area (Å²) in [4.78, 5) is 18.1. The third kappa shape index (κ3) is 4.54. The van der Waals surface area contributed by atoms with Gasteiger partial charge in [-0.2, -0.15) is 4.39 Å². The fraction of sp³-hybridized carbons (Fsp3) is 0.444. The normalized spacial score (nSPS) is 10.8. The summed E-state index contributed by atoms with van der Waals surface area (Å²) in [5.74, 6) is -0.554. The molecular formula is C9H13FN4O2. The minimum atomic E-state index is -0.691. The van der Waals surface area contributed by atoms with Crippen LogP contribution in [-0.4, -0.2) is 21.7 Å². The molecule has 0 bridgehead atoms. The van der Waals surface area contributed by atoms with Crippen LogP contribution in [0.1, 0.15) is 20.8 Å². The Hall–Kier alpha value is -1.92. The highest BCUT2D eigenvalue weighted by atomic mass is 19.1. The zero-order valence-corrected chi connectivity index (χ0v) is 9.24. The molecule has 0 saturated carbocycles. The maximum absolute atomic E-state index is 12.6. The Morgan fingerprint density at radius 2 is 2.12 bits per heavy atom. The molecule has 0 spiro atoms. The van der Waals surface area contributed by atoms with Gasteiger partial charge in [-0.3, -0.25) is 5.43 Å². The van der Waals surface area contributed by atoms with E-state index in [-0.39, 0.29) is 5.82 Å². The van der Waals surface area contributed by atoms with Crippen molar-refractivity contribution in [3.05, 3.63) is 18.3 Å². The van der Waals surface area contributed by atoms with Gasteiger partial charge in [0.05, 0.1) is 0 Å². The summed E-state index contributed by atoms with van der Waals surface area (Å²) in [6.07, 6.45) is 0.362. The van der Waals surface area contributed by atoms with Crippen LogP contribution in [0.4, 0.5) is 15.0 Å². The number of hydrogen-bond acceptors (Lipinski definition) is 5. The molecule has 1 aromatic heterocycles. The van der Waals surface area contributed by atoms with Crippen molar-refractivity contribution in [2.45, 2.75) is 26.4 Å². The number of hydrogen-bond donors (Lipinski definition) is 2. The van der Waals surface area contributed by atoms with Crippen molar-refractivity contribution in [1.82, 2.24) is 15.4 Å². The summed E-state index contributed by atoms with van der Waals surface area (Å²) in [5.41, 5.74) is 4.01. The molecule has 0 aliphatic heterocycles. The smallest absolute Gasteiger partial charge is 0.426 e. The molecule has 2 N–H and O–H groups in total. The minimum Gasteiger partial charge on any atom is -0.443 e. The van der Waals surface area contributed by atoms with Crippen LogP contribution in [0.5, 0.6) is 0 Å². The molecule has 0 saturated heterocycles. The van der Waals surface area contributed by atoms with Crippen LogP contribution in [0.3, 0.4) is 0 Å². The Bertz CT molecular complexity index is 378. The summed E-state index contributed by atoms with van der Waals surface area (Å²) in [5, 5.41) is 0. The molecule has 0 aliphatic rings. The standard InChI is InChI=1S/C9H13FN4O2/c1-9(2,3)16-8(15)14-13-7-4-6(10)11-5-12-7/h4-5H,1-3H3,(H,14,15)(H,11,12,13). The summed E-state index contributed by atoms with van der Waals surface area (Å²) in [7, 11) is 0. The fourth-order valence-corrected chi connectivity index (χ4v) is 0.821. The second kappa shape index (κ2) is 4.73. The highest BCUT2D eigenvalue weighted by molar-refractivity contribution is 5.69. The van der Waals surface area contributed by atoms with Crippen LogP contribution in [-0.2, 0) is 4.74 Å². The fourth-order valence-electron chi connectivity index (χ4n) is 0.821. The molecule has 88 valence electrons. The molecular weight excluding hydrogens is 215 g/mol. The van der Waals surface area contributed by atoms with Crippen molar-refractivity contribution in [1.29, 1.82) is 0 Å². The molecule has 1 heterocycles. The van der Waals surface area contributed by atoms with Gasteiger partial charge in [0.2, 0.25) is 5.95 Å². The lowest BCUT2D eigenvalue weighted by Gasteiger charge is -2.19. The van der Waals surface area contributed by atoms with Gasteiger partial charge < -0.3 is 4.74 Å². The molecule has 0 unspecified atom stereocenters. The number of hydrazine groups is 1. The van der Waals surface area contributed by atoms with Crippen molar-refractivity contribution in [3.63, 3.8) is 0 Å². The lowest BCUT2D eigenvalue weighted by atomic mass is 10.2. The Morgan fingerprint density at radius 3 is 2.69 bits per heavy atom. The van der Waals surface area contributed by atoms with Gasteiger partial charge in [-0.1, -0.05) is 0 Å². The summed E-state index contributed by atoms with van der Waals surface area (Å²) in [6.45, 7) is 5.20. The quantitative estimate of drug-likeness (QED) is 0.592. The third-order valence-corrected chi connectivity index (χ3v) is 1.33. The minimum absolute atomic E-state index is 0.137. The molecule has 0 radical (unpaired) electrons. The van der Waals surface area contributed by atoms with Crippen molar-refractivity contribution < 1.29 is 13.9 Å². The summed E-state index contributed by atoms with van der Waals surface area (Å²) >= 11 is 0. The molecule has 0 aliphatic carbocycles. The first-order chi connectivity index (χ1) is 7.37. The third-order valence-electron chi connectivity index (χ3n) is 1.33. The van der Waals surface area contributed by atoms with Gasteiger partial charge in [-0.25, -0.2) is 20.2 Å². The SMILES string of the molecule is CC(C)(C)OC(=O)NNc1cc(F)ncn1. The Labute approximate surface area is 92.2 Å². The number of halogens is 1. The predicted octanol–water partition coefficient (Wildman–Crippen LogP) is 1.47. The van der Waals surface area contributed by atoms with E-state index in [2.05, 4.69) is 20.8 Å². The maximum Gasteiger partial charge on any atom is 0.426 e. The van der Waals surface area contributed by atoms with E-state index in [1.165, 1.54) is 0 Å². The molecule has 0 atom stereocenters.